The average molecular weight is 579 g/mol. The minimum atomic E-state index is -1.79. The van der Waals surface area contributed by atoms with Gasteiger partial charge in [-0.25, -0.2) is 4.79 Å². The van der Waals surface area contributed by atoms with Crippen LogP contribution in [0.4, 0.5) is 0 Å². The second-order valence-corrected chi connectivity index (χ2v) is 9.56. The van der Waals surface area contributed by atoms with Crippen molar-refractivity contribution in [2.75, 3.05) is 26.9 Å². The second-order valence-electron chi connectivity index (χ2n) is 9.56. The molecule has 16 nitrogen and oxygen atoms in total. The van der Waals surface area contributed by atoms with E-state index in [9.17, 15) is 45.6 Å². The molecule has 0 bridgehead atoms. The molecule has 0 spiro atoms. The van der Waals surface area contributed by atoms with Crippen LogP contribution >= 0.6 is 0 Å². The highest BCUT2D eigenvalue weighted by molar-refractivity contribution is 5.92. The molecule has 3 heterocycles. The summed E-state index contributed by atoms with van der Waals surface area (Å²) < 4.78 is 37.9. The molecule has 0 aliphatic carbocycles. The van der Waals surface area contributed by atoms with Crippen LogP contribution in [0.25, 0.3) is 0 Å². The Kier molecular flexibility index (Phi) is 10.3. The van der Waals surface area contributed by atoms with Gasteiger partial charge < -0.3 is 74.0 Å². The molecule has 3 saturated heterocycles. The van der Waals surface area contributed by atoms with Gasteiger partial charge >= 0.3 is 5.97 Å². The van der Waals surface area contributed by atoms with Gasteiger partial charge in [0.2, 0.25) is 6.29 Å². The highest BCUT2D eigenvalue weighted by Gasteiger charge is 2.50. The fraction of sp³-hybridized carbons (Fsp3) is 0.708. The zero-order valence-corrected chi connectivity index (χ0v) is 21.3. The quantitative estimate of drug-likeness (QED) is 0.136. The summed E-state index contributed by atoms with van der Waals surface area (Å²) >= 11 is 0. The van der Waals surface area contributed by atoms with Gasteiger partial charge in [0, 0.05) is 0 Å². The molecule has 40 heavy (non-hydrogen) atoms. The number of para-hydroxylation sites is 1. The lowest BCUT2D eigenvalue weighted by Crippen LogP contribution is -2.64. The van der Waals surface area contributed by atoms with E-state index in [1.165, 1.54) is 19.2 Å². The third-order valence-electron chi connectivity index (χ3n) is 6.80. The first-order valence-electron chi connectivity index (χ1n) is 12.5. The van der Waals surface area contributed by atoms with Crippen molar-refractivity contribution in [3.63, 3.8) is 0 Å². The number of carbonyl (C=O) groups excluding carboxylic acids is 1. The lowest BCUT2D eigenvalue weighted by atomic mass is 9.98. The first-order chi connectivity index (χ1) is 19.0. The molecule has 4 rings (SSSR count). The molecule has 3 aliphatic rings. The Morgan fingerprint density at radius 1 is 0.800 bits per heavy atom. The monoisotopic (exact) mass is 578 g/mol. The molecule has 0 saturated carbocycles. The first-order valence-corrected chi connectivity index (χ1v) is 12.5. The van der Waals surface area contributed by atoms with E-state index in [1.54, 1.807) is 12.1 Å². The molecular weight excluding hydrogens is 544 g/mol. The Hall–Kier alpha value is -2.03. The summed E-state index contributed by atoms with van der Waals surface area (Å²) in [6.45, 7) is -1.28. The van der Waals surface area contributed by atoms with Crippen LogP contribution < -0.4 is 4.74 Å². The normalized spacial score (nSPS) is 42.3. The summed E-state index contributed by atoms with van der Waals surface area (Å²) in [6, 6.07) is 5.90. The van der Waals surface area contributed by atoms with Gasteiger partial charge in [0.15, 0.2) is 12.6 Å². The number of benzene rings is 1. The summed E-state index contributed by atoms with van der Waals surface area (Å²) in [6.07, 6.45) is -20.4. The lowest BCUT2D eigenvalue weighted by molar-refractivity contribution is -0.347. The molecule has 0 amide bonds. The van der Waals surface area contributed by atoms with Crippen molar-refractivity contribution >= 4 is 5.97 Å². The molecule has 0 unspecified atom stereocenters. The van der Waals surface area contributed by atoms with Gasteiger partial charge in [0.25, 0.3) is 0 Å². The standard InChI is InChI=1S/C24H34O16/c1-34-21(33)9-4-2-3-5-12(9)38-24-19(32)16(29)20(40-23-18(31)15(28)11(26)7-36-23)13(39-24)8-37-22-17(30)14(27)10(25)6-35-22/h2-5,10-11,13-20,22-32H,6-8H2,1H3/t10-,11-,13-,14+,15+,16-,17-,18-,19-,20-,22+,23+,24-/m1/s1. The van der Waals surface area contributed by atoms with Crippen molar-refractivity contribution in [2.45, 2.75) is 79.9 Å². The highest BCUT2D eigenvalue weighted by atomic mass is 16.7. The molecule has 16 heteroatoms. The van der Waals surface area contributed by atoms with Crippen molar-refractivity contribution in [1.82, 2.24) is 0 Å². The molecule has 0 aromatic heterocycles. The van der Waals surface area contributed by atoms with Crippen LogP contribution in [0, 0.1) is 0 Å². The summed E-state index contributed by atoms with van der Waals surface area (Å²) in [4.78, 5) is 12.2. The third-order valence-corrected chi connectivity index (χ3v) is 6.80. The Morgan fingerprint density at radius 3 is 2.02 bits per heavy atom. The molecule has 3 fully saturated rings. The molecule has 3 aliphatic heterocycles. The van der Waals surface area contributed by atoms with Crippen molar-refractivity contribution in [3.05, 3.63) is 29.8 Å². The van der Waals surface area contributed by atoms with E-state index >= 15 is 0 Å². The van der Waals surface area contributed by atoms with Crippen molar-refractivity contribution < 1.29 is 78.8 Å². The maximum atomic E-state index is 12.2. The average Bonchev–Trinajstić information content (AvgIpc) is 2.95. The second kappa shape index (κ2) is 13.3. The number of rotatable bonds is 8. The summed E-state index contributed by atoms with van der Waals surface area (Å²) in [7, 11) is 1.17. The molecule has 226 valence electrons. The van der Waals surface area contributed by atoms with Gasteiger partial charge in [-0.3, -0.25) is 0 Å². The number of aliphatic hydroxyl groups is 8. The van der Waals surface area contributed by atoms with E-state index in [0.717, 1.165) is 0 Å². The maximum absolute atomic E-state index is 12.2. The van der Waals surface area contributed by atoms with Gasteiger partial charge in [-0.1, -0.05) is 12.1 Å². The summed E-state index contributed by atoms with van der Waals surface area (Å²) in [5, 5.41) is 81.7. The van der Waals surface area contributed by atoms with Crippen LogP contribution in [0.2, 0.25) is 0 Å². The fourth-order valence-electron chi connectivity index (χ4n) is 4.45. The predicted octanol–water partition coefficient (Wildman–Crippen LogP) is -4.42. The van der Waals surface area contributed by atoms with Crippen LogP contribution in [-0.2, 0) is 28.4 Å². The zero-order chi connectivity index (χ0) is 29.1. The highest BCUT2D eigenvalue weighted by Crippen LogP contribution is 2.31. The van der Waals surface area contributed by atoms with E-state index in [2.05, 4.69) is 0 Å². The Balaban J connectivity index is 1.54. The van der Waals surface area contributed by atoms with Gasteiger partial charge in [-0.15, -0.1) is 0 Å². The van der Waals surface area contributed by atoms with Crippen molar-refractivity contribution in [3.8, 4) is 5.75 Å². The predicted molar refractivity (Wildman–Crippen MR) is 125 cm³/mol. The van der Waals surface area contributed by atoms with Crippen LogP contribution in [-0.4, -0.2) is 154 Å². The fourth-order valence-corrected chi connectivity index (χ4v) is 4.45. The number of carbonyl (C=O) groups is 1. The van der Waals surface area contributed by atoms with Crippen LogP contribution in [0.1, 0.15) is 10.4 Å². The first kappa shape index (κ1) is 30.9. The minimum absolute atomic E-state index is 0.000917. The van der Waals surface area contributed by atoms with E-state index in [1.807, 2.05) is 0 Å². The van der Waals surface area contributed by atoms with Crippen LogP contribution in [0.15, 0.2) is 24.3 Å². The Labute approximate surface area is 227 Å². The van der Waals surface area contributed by atoms with E-state index < -0.39 is 99.1 Å². The number of methoxy groups -OCH3 is 1. The maximum Gasteiger partial charge on any atom is 0.341 e. The lowest BCUT2D eigenvalue weighted by Gasteiger charge is -2.45. The molecule has 8 N–H and O–H groups in total. The van der Waals surface area contributed by atoms with Gasteiger partial charge in [-0.05, 0) is 12.1 Å². The number of hydrogen-bond donors (Lipinski definition) is 8. The number of aliphatic hydroxyl groups excluding tert-OH is 8. The van der Waals surface area contributed by atoms with E-state index in [-0.39, 0.29) is 17.9 Å². The van der Waals surface area contributed by atoms with Gasteiger partial charge in [-0.2, -0.15) is 0 Å². The van der Waals surface area contributed by atoms with E-state index in [0.29, 0.717) is 0 Å². The minimum Gasteiger partial charge on any atom is -0.465 e. The van der Waals surface area contributed by atoms with Crippen LogP contribution in [0.5, 0.6) is 5.75 Å². The molecule has 13 atom stereocenters. The smallest absolute Gasteiger partial charge is 0.341 e. The van der Waals surface area contributed by atoms with Gasteiger partial charge in [0.1, 0.15) is 72.4 Å². The zero-order valence-electron chi connectivity index (χ0n) is 21.3. The SMILES string of the molecule is COC(=O)c1ccccc1O[C@@H]1O[C@H](CO[C@@H]2OC[C@@H](O)[C@H](O)[C@H]2O)[C@@H](O[C@@H]2OC[C@@H](O)[C@H](O)[C@H]2O)[C@H](O)[C@H]1O. The topological polar surface area (TPSA) is 244 Å². The summed E-state index contributed by atoms with van der Waals surface area (Å²) in [5.41, 5.74) is -0.000917. The van der Waals surface area contributed by atoms with Crippen LogP contribution in [0.3, 0.4) is 0 Å². The molecule has 0 radical (unpaired) electrons. The molecule has 1 aromatic rings. The van der Waals surface area contributed by atoms with E-state index in [4.69, 9.17) is 33.2 Å². The largest absolute Gasteiger partial charge is 0.465 e. The van der Waals surface area contributed by atoms with Crippen molar-refractivity contribution in [1.29, 1.82) is 0 Å². The molecule has 1 aromatic carbocycles. The van der Waals surface area contributed by atoms with Gasteiger partial charge in [0.05, 0.1) is 26.9 Å². The summed E-state index contributed by atoms with van der Waals surface area (Å²) in [5.74, 6) is -0.785. The number of esters is 1. The van der Waals surface area contributed by atoms with Crippen molar-refractivity contribution in [2.24, 2.45) is 0 Å². The number of hydrogen-bond acceptors (Lipinski definition) is 16. The Bertz CT molecular complexity index is 980. The Morgan fingerprint density at radius 2 is 1.38 bits per heavy atom. The molecular formula is C24H34O16. The third kappa shape index (κ3) is 6.55. The number of ether oxygens (including phenoxy) is 7.